The molecule has 0 bridgehead atoms. The third-order valence-electron chi connectivity index (χ3n) is 3.73. The minimum Gasteiger partial charge on any atom is -0.309 e. The Balaban J connectivity index is 2.15. The number of hydrogen-bond donors (Lipinski definition) is 1. The van der Waals surface area contributed by atoms with Crippen LogP contribution in [0.5, 0.6) is 0 Å². The lowest BCUT2D eigenvalue weighted by atomic mass is 10.1. The van der Waals surface area contributed by atoms with Gasteiger partial charge in [0.15, 0.2) is 5.17 Å². The van der Waals surface area contributed by atoms with Crippen molar-refractivity contribution in [3.63, 3.8) is 0 Å². The standard InChI is InChI=1S/C15H16N4O3S/c1-4-18-12-8-6-5-7-11(12)15(13(18)22)19(10(3)21)17-14(23-15)16-9(2)20/h5-8H,4H2,1-3H3,(H,16,17,20)/t15-/m1/s1. The number of thioether (sulfide) groups is 1. The number of carbonyl (C=O) groups is 3. The van der Waals surface area contributed by atoms with E-state index >= 15 is 0 Å². The van der Waals surface area contributed by atoms with Gasteiger partial charge in [0.2, 0.25) is 16.7 Å². The molecule has 0 aliphatic carbocycles. The summed E-state index contributed by atoms with van der Waals surface area (Å²) < 4.78 is 0. The van der Waals surface area contributed by atoms with E-state index in [0.29, 0.717) is 12.1 Å². The van der Waals surface area contributed by atoms with Gasteiger partial charge in [-0.2, -0.15) is 5.01 Å². The maximum Gasteiger partial charge on any atom is 0.270 e. The average molecular weight is 332 g/mol. The molecule has 3 amide bonds. The fourth-order valence-electron chi connectivity index (χ4n) is 2.88. The molecule has 1 N–H and O–H groups in total. The third-order valence-corrected chi connectivity index (χ3v) is 4.97. The Labute approximate surface area is 137 Å². The molecule has 0 unspecified atom stereocenters. The number of para-hydroxylation sites is 1. The van der Waals surface area contributed by atoms with Crippen LogP contribution in [0.2, 0.25) is 0 Å². The molecule has 0 fully saturated rings. The second-order valence-electron chi connectivity index (χ2n) is 5.23. The van der Waals surface area contributed by atoms with Crippen molar-refractivity contribution in [2.45, 2.75) is 25.6 Å². The Morgan fingerprint density at radius 2 is 2.00 bits per heavy atom. The maximum absolute atomic E-state index is 13.1. The monoisotopic (exact) mass is 332 g/mol. The number of likely N-dealkylation sites (N-methyl/N-ethyl adjacent to an activating group) is 1. The first-order valence-electron chi connectivity index (χ1n) is 7.19. The van der Waals surface area contributed by atoms with E-state index in [1.165, 1.54) is 18.9 Å². The molecule has 1 aromatic carbocycles. The van der Waals surface area contributed by atoms with Crippen LogP contribution in [0, 0.1) is 0 Å². The quantitative estimate of drug-likeness (QED) is 0.838. The fraction of sp³-hybridized carbons (Fsp3) is 0.333. The van der Waals surface area contributed by atoms with Gasteiger partial charge >= 0.3 is 0 Å². The Bertz CT molecular complexity index is 748. The maximum atomic E-state index is 13.1. The van der Waals surface area contributed by atoms with Crippen molar-refractivity contribution in [2.24, 2.45) is 5.10 Å². The van der Waals surface area contributed by atoms with Gasteiger partial charge in [-0.15, -0.1) is 5.10 Å². The molecule has 2 aliphatic heterocycles. The zero-order chi connectivity index (χ0) is 16.8. The molecule has 2 heterocycles. The number of nitrogens with one attached hydrogen (secondary N) is 1. The van der Waals surface area contributed by atoms with Crippen molar-refractivity contribution in [1.82, 2.24) is 10.3 Å². The summed E-state index contributed by atoms with van der Waals surface area (Å²) in [5.74, 6) is -0.896. The van der Waals surface area contributed by atoms with E-state index in [-0.39, 0.29) is 22.9 Å². The van der Waals surface area contributed by atoms with Crippen LogP contribution in [-0.4, -0.2) is 34.4 Å². The number of benzene rings is 1. The summed E-state index contributed by atoms with van der Waals surface area (Å²) in [6.07, 6.45) is 0. The SMILES string of the molecule is CCN1C(=O)[C@]2(SC(NC(C)=O)=NN2C(C)=O)c2ccccc21. The van der Waals surface area contributed by atoms with E-state index in [2.05, 4.69) is 10.4 Å². The average Bonchev–Trinajstić information content (AvgIpc) is 2.98. The van der Waals surface area contributed by atoms with Crippen LogP contribution in [0.15, 0.2) is 29.4 Å². The molecule has 7 nitrogen and oxygen atoms in total. The van der Waals surface area contributed by atoms with Gasteiger partial charge in [0, 0.05) is 26.0 Å². The molecule has 23 heavy (non-hydrogen) atoms. The molecule has 1 aromatic rings. The highest BCUT2D eigenvalue weighted by Gasteiger charge is 2.60. The normalized spacial score (nSPS) is 22.4. The van der Waals surface area contributed by atoms with Crippen LogP contribution in [-0.2, 0) is 19.3 Å². The van der Waals surface area contributed by atoms with Gasteiger partial charge in [-0.1, -0.05) is 18.2 Å². The van der Waals surface area contributed by atoms with Gasteiger partial charge < -0.3 is 10.2 Å². The number of fused-ring (bicyclic) bond motifs is 2. The van der Waals surface area contributed by atoms with E-state index in [1.54, 1.807) is 4.90 Å². The van der Waals surface area contributed by atoms with Crippen molar-refractivity contribution in [3.8, 4) is 0 Å². The summed E-state index contributed by atoms with van der Waals surface area (Å²) in [4.78, 5) is 36.9. The number of carbonyl (C=O) groups excluding carboxylic acids is 3. The predicted molar refractivity (Wildman–Crippen MR) is 87.5 cm³/mol. The van der Waals surface area contributed by atoms with Gasteiger partial charge in [-0.25, -0.2) is 0 Å². The van der Waals surface area contributed by atoms with Gasteiger partial charge in [0.25, 0.3) is 5.91 Å². The Morgan fingerprint density at radius 3 is 2.61 bits per heavy atom. The van der Waals surface area contributed by atoms with Crippen LogP contribution in [0.4, 0.5) is 5.69 Å². The molecular weight excluding hydrogens is 316 g/mol. The molecular formula is C15H16N4O3S. The molecule has 0 saturated carbocycles. The van der Waals surface area contributed by atoms with Crippen molar-refractivity contribution >= 4 is 40.3 Å². The number of amidine groups is 1. The molecule has 8 heteroatoms. The Kier molecular flexibility index (Phi) is 3.63. The van der Waals surface area contributed by atoms with Gasteiger partial charge in [0.1, 0.15) is 0 Å². The molecule has 120 valence electrons. The zero-order valence-electron chi connectivity index (χ0n) is 13.0. The van der Waals surface area contributed by atoms with Crippen LogP contribution in [0.25, 0.3) is 0 Å². The summed E-state index contributed by atoms with van der Waals surface area (Å²) >= 11 is 1.09. The third kappa shape index (κ3) is 2.13. The number of anilines is 1. The van der Waals surface area contributed by atoms with Gasteiger partial charge in [-0.3, -0.25) is 14.4 Å². The first-order valence-corrected chi connectivity index (χ1v) is 8.01. The number of hydrazone groups is 1. The summed E-state index contributed by atoms with van der Waals surface area (Å²) in [7, 11) is 0. The number of nitrogens with zero attached hydrogens (tertiary/aromatic N) is 3. The highest BCUT2D eigenvalue weighted by atomic mass is 32.2. The molecule has 0 aromatic heterocycles. The molecule has 0 saturated heterocycles. The van der Waals surface area contributed by atoms with E-state index in [4.69, 9.17) is 0 Å². The van der Waals surface area contributed by atoms with Crippen molar-refractivity contribution in [1.29, 1.82) is 0 Å². The lowest BCUT2D eigenvalue weighted by molar-refractivity contribution is -0.139. The molecule has 1 atom stereocenters. The predicted octanol–water partition coefficient (Wildman–Crippen LogP) is 1.21. The topological polar surface area (TPSA) is 82.1 Å². The van der Waals surface area contributed by atoms with E-state index in [0.717, 1.165) is 17.4 Å². The first-order chi connectivity index (χ1) is 10.9. The van der Waals surface area contributed by atoms with Crippen LogP contribution in [0.3, 0.4) is 0 Å². The lowest BCUT2D eigenvalue weighted by Gasteiger charge is -2.29. The smallest absolute Gasteiger partial charge is 0.270 e. The van der Waals surface area contributed by atoms with Gasteiger partial charge in [0.05, 0.1) is 5.69 Å². The van der Waals surface area contributed by atoms with E-state index in [1.807, 2.05) is 31.2 Å². The minimum atomic E-state index is -1.28. The summed E-state index contributed by atoms with van der Waals surface area (Å²) in [5, 5.41) is 8.15. The van der Waals surface area contributed by atoms with E-state index in [9.17, 15) is 14.4 Å². The molecule has 0 radical (unpaired) electrons. The second kappa shape index (κ2) is 5.38. The zero-order valence-corrected chi connectivity index (χ0v) is 13.8. The summed E-state index contributed by atoms with van der Waals surface area (Å²) in [6, 6.07) is 7.34. The lowest BCUT2D eigenvalue weighted by Crippen LogP contribution is -2.48. The molecule has 1 spiro atoms. The van der Waals surface area contributed by atoms with Crippen molar-refractivity contribution in [2.75, 3.05) is 11.4 Å². The number of hydrogen-bond acceptors (Lipinski definition) is 5. The minimum absolute atomic E-state index is 0.231. The Hall–Kier alpha value is -2.35. The second-order valence-corrected chi connectivity index (χ2v) is 6.41. The molecule has 3 rings (SSSR count). The highest BCUT2D eigenvalue weighted by Crippen LogP contribution is 2.54. The van der Waals surface area contributed by atoms with Crippen LogP contribution in [0.1, 0.15) is 26.3 Å². The van der Waals surface area contributed by atoms with Crippen molar-refractivity contribution in [3.05, 3.63) is 29.8 Å². The van der Waals surface area contributed by atoms with Gasteiger partial charge in [-0.05, 0) is 24.8 Å². The van der Waals surface area contributed by atoms with Crippen LogP contribution >= 0.6 is 11.8 Å². The number of rotatable bonds is 1. The first kappa shape index (κ1) is 15.5. The molecule has 2 aliphatic rings. The number of amides is 3. The Morgan fingerprint density at radius 1 is 1.30 bits per heavy atom. The largest absolute Gasteiger partial charge is 0.309 e. The van der Waals surface area contributed by atoms with Crippen molar-refractivity contribution < 1.29 is 14.4 Å². The fourth-order valence-corrected chi connectivity index (χ4v) is 4.21. The highest BCUT2D eigenvalue weighted by molar-refractivity contribution is 8.15. The van der Waals surface area contributed by atoms with Crippen LogP contribution < -0.4 is 10.2 Å². The van der Waals surface area contributed by atoms with E-state index < -0.39 is 4.87 Å². The summed E-state index contributed by atoms with van der Waals surface area (Å²) in [6.45, 7) is 5.07. The summed E-state index contributed by atoms with van der Waals surface area (Å²) in [5.41, 5.74) is 1.47.